The van der Waals surface area contributed by atoms with Crippen LogP contribution in [0, 0.1) is 5.41 Å². The average Bonchev–Trinajstić information content (AvgIpc) is 2.81. The number of aryl methyl sites for hydroxylation is 1. The molecule has 1 aromatic carbocycles. The van der Waals surface area contributed by atoms with Crippen LogP contribution >= 0.6 is 0 Å². The van der Waals surface area contributed by atoms with Crippen LogP contribution in [0.5, 0.6) is 0 Å². The third-order valence-corrected chi connectivity index (χ3v) is 6.90. The zero-order chi connectivity index (χ0) is 26.5. The number of hydrogen-bond acceptors (Lipinski definition) is 7. The second-order valence-electron chi connectivity index (χ2n) is 8.42. The summed E-state index contributed by atoms with van der Waals surface area (Å²) in [4.78, 5) is 40.0. The molecule has 2 atom stereocenters. The molecule has 5 N–H and O–H groups in total. The Morgan fingerprint density at radius 1 is 1.25 bits per heavy atom. The van der Waals surface area contributed by atoms with E-state index in [9.17, 15) is 22.8 Å². The van der Waals surface area contributed by atoms with Gasteiger partial charge in [-0.2, -0.15) is 0 Å². The number of likely N-dealkylation sites (tertiary alicyclic amines) is 1. The number of ether oxygens (including phenoxy) is 1. The summed E-state index contributed by atoms with van der Waals surface area (Å²) in [6.45, 7) is 1.97. The van der Waals surface area contributed by atoms with Crippen molar-refractivity contribution in [3.8, 4) is 0 Å². The Bertz CT molecular complexity index is 1320. The molecule has 14 heteroatoms. The number of nitrogens with two attached hydrogens (primary N) is 1. The summed E-state index contributed by atoms with van der Waals surface area (Å²) in [6, 6.07) is 7.89. The van der Waals surface area contributed by atoms with Gasteiger partial charge < -0.3 is 25.3 Å². The van der Waals surface area contributed by atoms with E-state index in [-0.39, 0.29) is 17.4 Å². The second-order valence-corrected chi connectivity index (χ2v) is 10.1. The molecule has 1 aromatic heterocycles. The normalized spacial score (nSPS) is 18.0. The molecule has 196 valence electrons. The van der Waals surface area contributed by atoms with E-state index in [4.69, 9.17) is 15.9 Å². The van der Waals surface area contributed by atoms with E-state index >= 15 is 0 Å². The van der Waals surface area contributed by atoms with Gasteiger partial charge in [-0.1, -0.05) is 30.3 Å². The molecular weight excluding hydrogens is 490 g/mol. The first-order chi connectivity index (χ1) is 17.0. The zero-order valence-corrected chi connectivity index (χ0v) is 21.0. The van der Waals surface area contributed by atoms with Crippen molar-refractivity contribution in [1.82, 2.24) is 19.4 Å². The summed E-state index contributed by atoms with van der Waals surface area (Å²) < 4.78 is 34.9. The van der Waals surface area contributed by atoms with E-state index in [0.717, 1.165) is 10.8 Å². The molecule has 1 aliphatic heterocycles. The minimum Gasteiger partial charge on any atom is -0.370 e. The highest BCUT2D eigenvalue weighted by atomic mass is 32.2. The number of nitrogens with one attached hydrogen (secondary N) is 3. The Labute approximate surface area is 208 Å². The molecule has 0 saturated carbocycles. The number of nitrogens with zero attached hydrogens (tertiary/aromatic N) is 3. The highest BCUT2D eigenvalue weighted by Crippen LogP contribution is 2.18. The summed E-state index contributed by atoms with van der Waals surface area (Å²) in [5.74, 6) is -1.20. The number of anilines is 1. The van der Waals surface area contributed by atoms with Gasteiger partial charge in [0.1, 0.15) is 12.2 Å². The number of amides is 1. The molecule has 1 aliphatic rings. The number of benzene rings is 1. The maximum Gasteiger partial charge on any atom is 0.331 e. The minimum atomic E-state index is -3.97. The Morgan fingerprint density at radius 3 is 2.58 bits per heavy atom. The van der Waals surface area contributed by atoms with Crippen LogP contribution < -0.4 is 27.0 Å². The van der Waals surface area contributed by atoms with Gasteiger partial charge in [-0.25, -0.2) is 17.8 Å². The van der Waals surface area contributed by atoms with Crippen LogP contribution in [0.2, 0.25) is 0 Å². The summed E-state index contributed by atoms with van der Waals surface area (Å²) >= 11 is 0. The zero-order valence-electron chi connectivity index (χ0n) is 20.1. The van der Waals surface area contributed by atoms with Crippen LogP contribution in [0.15, 0.2) is 46.1 Å². The molecule has 1 saturated heterocycles. The summed E-state index contributed by atoms with van der Waals surface area (Å²) in [5.41, 5.74) is 4.09. The Hall–Kier alpha value is -3.65. The van der Waals surface area contributed by atoms with Crippen molar-refractivity contribution in [1.29, 1.82) is 5.41 Å². The SMILES string of the molecule is CCOC1C(NC(=O)Cn2c(=O)c(NS(=O)(=O)Cc3ccccc3)cn(C)c2=O)CCCN1C(=N)N. The fraction of sp³-hybridized carbons (Fsp3) is 0.455. The molecule has 36 heavy (non-hydrogen) atoms. The van der Waals surface area contributed by atoms with Crippen molar-refractivity contribution in [2.75, 3.05) is 17.9 Å². The van der Waals surface area contributed by atoms with E-state index in [1.165, 1.54) is 11.9 Å². The minimum absolute atomic E-state index is 0.187. The molecule has 3 rings (SSSR count). The monoisotopic (exact) mass is 521 g/mol. The maximum atomic E-state index is 13.0. The number of carbonyl (C=O) groups is 1. The van der Waals surface area contributed by atoms with Gasteiger partial charge in [0.2, 0.25) is 15.9 Å². The standard InChI is InChI=1S/C22H31N7O6S/c1-3-35-20-16(10-7-11-28(20)21(23)24)25-18(30)13-29-19(31)17(12-27(2)22(29)32)26-36(33,34)14-15-8-5-4-6-9-15/h4-6,8-9,12,16,20,26H,3,7,10-11,13-14H2,1-2H3,(H3,23,24)(H,25,30). The average molecular weight is 522 g/mol. The summed E-state index contributed by atoms with van der Waals surface area (Å²) in [7, 11) is -2.62. The van der Waals surface area contributed by atoms with Gasteiger partial charge in [-0.3, -0.25) is 19.7 Å². The first-order valence-electron chi connectivity index (χ1n) is 11.4. The molecule has 0 aliphatic carbocycles. The fourth-order valence-electron chi connectivity index (χ4n) is 4.08. The van der Waals surface area contributed by atoms with Crippen molar-refractivity contribution < 1.29 is 17.9 Å². The molecule has 2 unspecified atom stereocenters. The quantitative estimate of drug-likeness (QED) is 0.247. The van der Waals surface area contributed by atoms with Crippen LogP contribution in [-0.2, 0) is 38.9 Å². The number of guanidine groups is 1. The van der Waals surface area contributed by atoms with Gasteiger partial charge in [0.25, 0.3) is 5.56 Å². The molecule has 0 spiro atoms. The fourth-order valence-corrected chi connectivity index (χ4v) is 5.25. The highest BCUT2D eigenvalue weighted by Gasteiger charge is 2.34. The number of hydrogen-bond donors (Lipinski definition) is 4. The third kappa shape index (κ3) is 6.51. The predicted molar refractivity (Wildman–Crippen MR) is 134 cm³/mol. The van der Waals surface area contributed by atoms with Crippen molar-refractivity contribution in [2.24, 2.45) is 12.8 Å². The highest BCUT2D eigenvalue weighted by molar-refractivity contribution is 7.91. The van der Waals surface area contributed by atoms with Crippen LogP contribution in [0.4, 0.5) is 5.69 Å². The van der Waals surface area contributed by atoms with Crippen molar-refractivity contribution in [3.63, 3.8) is 0 Å². The Morgan fingerprint density at radius 2 is 1.94 bits per heavy atom. The van der Waals surface area contributed by atoms with Gasteiger partial charge >= 0.3 is 5.69 Å². The van der Waals surface area contributed by atoms with Gasteiger partial charge in [-0.15, -0.1) is 0 Å². The lowest BCUT2D eigenvalue weighted by atomic mass is 10.0. The van der Waals surface area contributed by atoms with Crippen molar-refractivity contribution in [3.05, 3.63) is 62.9 Å². The lowest BCUT2D eigenvalue weighted by Crippen LogP contribution is -2.60. The number of rotatable bonds is 9. The van der Waals surface area contributed by atoms with Crippen LogP contribution in [0.3, 0.4) is 0 Å². The largest absolute Gasteiger partial charge is 0.370 e. The molecule has 2 heterocycles. The summed E-state index contributed by atoms with van der Waals surface area (Å²) in [5, 5.41) is 10.5. The lowest BCUT2D eigenvalue weighted by molar-refractivity contribution is -0.127. The number of carbonyl (C=O) groups excluding carboxylic acids is 1. The molecule has 0 bridgehead atoms. The van der Waals surface area contributed by atoms with E-state index in [2.05, 4.69) is 10.0 Å². The van der Waals surface area contributed by atoms with Gasteiger partial charge in [-0.05, 0) is 25.3 Å². The van der Waals surface area contributed by atoms with Crippen molar-refractivity contribution in [2.45, 2.75) is 44.3 Å². The lowest BCUT2D eigenvalue weighted by Gasteiger charge is -2.41. The molecular formula is C22H31N7O6S. The van der Waals surface area contributed by atoms with Crippen LogP contribution in [-0.4, -0.2) is 59.7 Å². The second kappa shape index (κ2) is 11.4. The number of piperidine rings is 1. The molecule has 0 radical (unpaired) electrons. The summed E-state index contributed by atoms with van der Waals surface area (Å²) in [6.07, 6.45) is 1.61. The van der Waals surface area contributed by atoms with Crippen molar-refractivity contribution >= 4 is 27.6 Å². The predicted octanol–water partition coefficient (Wildman–Crippen LogP) is -0.674. The van der Waals surface area contributed by atoms with Crippen LogP contribution in [0.1, 0.15) is 25.3 Å². The Kier molecular flexibility index (Phi) is 8.53. The first-order valence-corrected chi connectivity index (χ1v) is 13.0. The number of sulfonamides is 1. The van der Waals surface area contributed by atoms with Gasteiger partial charge in [0.05, 0.1) is 11.8 Å². The van der Waals surface area contributed by atoms with Gasteiger partial charge in [0, 0.05) is 26.4 Å². The molecule has 1 amide bonds. The molecule has 13 nitrogen and oxygen atoms in total. The topological polar surface area (TPSA) is 182 Å². The maximum absolute atomic E-state index is 13.0. The number of aromatic nitrogens is 2. The van der Waals surface area contributed by atoms with E-state index in [1.807, 2.05) is 0 Å². The van der Waals surface area contributed by atoms with Crippen LogP contribution in [0.25, 0.3) is 0 Å². The Balaban J connectivity index is 1.80. The smallest absolute Gasteiger partial charge is 0.331 e. The molecule has 1 fully saturated rings. The van der Waals surface area contributed by atoms with E-state index in [1.54, 1.807) is 37.3 Å². The van der Waals surface area contributed by atoms with E-state index in [0.29, 0.717) is 36.1 Å². The van der Waals surface area contributed by atoms with E-state index < -0.39 is 46.0 Å². The third-order valence-electron chi connectivity index (χ3n) is 5.66. The molecule has 2 aromatic rings. The van der Waals surface area contributed by atoms with Gasteiger partial charge in [0.15, 0.2) is 12.2 Å². The first kappa shape index (κ1) is 26.9.